The van der Waals surface area contributed by atoms with Crippen LogP contribution in [-0.2, 0) is 16.1 Å². The molecule has 1 atom stereocenters. The maximum absolute atomic E-state index is 12.9. The summed E-state index contributed by atoms with van der Waals surface area (Å²) in [7, 11) is 0. The lowest BCUT2D eigenvalue weighted by atomic mass is 10.1. The number of esters is 1. The van der Waals surface area contributed by atoms with Crippen LogP contribution >= 0.6 is 0 Å². The number of aryl methyl sites for hydroxylation is 1. The van der Waals surface area contributed by atoms with Crippen molar-refractivity contribution >= 4 is 11.7 Å². The van der Waals surface area contributed by atoms with Gasteiger partial charge in [-0.1, -0.05) is 0 Å². The van der Waals surface area contributed by atoms with Gasteiger partial charge in [-0.3, -0.25) is 4.68 Å². The molecule has 1 aromatic carbocycles. The number of rotatable bonds is 6. The lowest BCUT2D eigenvalue weighted by molar-refractivity contribution is -0.144. The molecular weight excluding hydrogens is 273 g/mol. The van der Waals surface area contributed by atoms with E-state index in [4.69, 9.17) is 4.74 Å². The average Bonchev–Trinajstić information content (AvgIpc) is 2.95. The molecule has 0 bridgehead atoms. The van der Waals surface area contributed by atoms with Crippen molar-refractivity contribution in [3.8, 4) is 0 Å². The maximum atomic E-state index is 12.9. The third-order valence-electron chi connectivity index (χ3n) is 2.99. The van der Waals surface area contributed by atoms with Gasteiger partial charge in [-0.2, -0.15) is 5.10 Å². The average molecular weight is 291 g/mol. The highest BCUT2D eigenvalue weighted by Crippen LogP contribution is 2.21. The standard InChI is InChI=1S/C15H18FN3O2/c1-3-19-10-11(9-17-19)14(15(20)21-4-2)18-13-7-5-12(16)6-8-13/h5-10,14,18H,3-4H2,1-2H3. The summed E-state index contributed by atoms with van der Waals surface area (Å²) in [4.78, 5) is 12.1. The Hall–Kier alpha value is -2.37. The number of carbonyl (C=O) groups is 1. The molecule has 0 spiro atoms. The SMILES string of the molecule is CCOC(=O)C(Nc1ccc(F)cc1)c1cnn(CC)c1. The summed E-state index contributed by atoms with van der Waals surface area (Å²) in [5.41, 5.74) is 1.35. The quantitative estimate of drug-likeness (QED) is 0.831. The van der Waals surface area contributed by atoms with Gasteiger partial charge in [-0.25, -0.2) is 9.18 Å². The number of halogens is 1. The highest BCUT2D eigenvalue weighted by Gasteiger charge is 2.23. The number of nitrogens with zero attached hydrogens (tertiary/aromatic N) is 2. The maximum Gasteiger partial charge on any atom is 0.333 e. The smallest absolute Gasteiger partial charge is 0.333 e. The molecule has 1 aromatic heterocycles. The van der Waals surface area contributed by atoms with Gasteiger partial charge in [0.25, 0.3) is 0 Å². The van der Waals surface area contributed by atoms with Crippen molar-refractivity contribution in [1.82, 2.24) is 9.78 Å². The van der Waals surface area contributed by atoms with Crippen LogP contribution < -0.4 is 5.32 Å². The molecule has 0 radical (unpaired) electrons. The largest absolute Gasteiger partial charge is 0.464 e. The zero-order valence-electron chi connectivity index (χ0n) is 12.0. The Balaban J connectivity index is 2.23. The summed E-state index contributed by atoms with van der Waals surface area (Å²) in [6, 6.07) is 5.15. The van der Waals surface area contributed by atoms with Gasteiger partial charge in [0.2, 0.25) is 0 Å². The predicted octanol–water partition coefficient (Wildman–Crippen LogP) is 2.76. The number of hydrogen-bond donors (Lipinski definition) is 1. The first kappa shape index (κ1) is 15.0. The number of hydrogen-bond acceptors (Lipinski definition) is 4. The van der Waals surface area contributed by atoms with Crippen molar-refractivity contribution in [3.63, 3.8) is 0 Å². The summed E-state index contributed by atoms with van der Waals surface area (Å²) >= 11 is 0. The molecule has 0 aliphatic carbocycles. The molecule has 1 N–H and O–H groups in total. The first-order valence-corrected chi connectivity index (χ1v) is 6.85. The molecular formula is C15H18FN3O2. The fraction of sp³-hybridized carbons (Fsp3) is 0.333. The minimum atomic E-state index is -0.671. The van der Waals surface area contributed by atoms with Crippen LogP contribution in [0.2, 0.25) is 0 Å². The molecule has 0 saturated heterocycles. The van der Waals surface area contributed by atoms with E-state index in [1.807, 2.05) is 6.92 Å². The number of aromatic nitrogens is 2. The molecule has 1 heterocycles. The number of nitrogens with one attached hydrogen (secondary N) is 1. The van der Waals surface area contributed by atoms with Gasteiger partial charge in [0.05, 0.1) is 12.8 Å². The van der Waals surface area contributed by atoms with Crippen LogP contribution in [0.3, 0.4) is 0 Å². The summed E-state index contributed by atoms with van der Waals surface area (Å²) in [5, 5.41) is 7.21. The predicted molar refractivity (Wildman–Crippen MR) is 77.3 cm³/mol. The van der Waals surface area contributed by atoms with Crippen LogP contribution in [0, 0.1) is 5.82 Å². The number of carbonyl (C=O) groups excluding carboxylic acids is 1. The molecule has 112 valence electrons. The second kappa shape index (κ2) is 6.88. The molecule has 6 heteroatoms. The third kappa shape index (κ3) is 3.81. The van der Waals surface area contributed by atoms with Crippen LogP contribution in [0.1, 0.15) is 25.5 Å². The molecule has 2 rings (SSSR count). The Labute approximate surface area is 122 Å². The number of ether oxygens (including phenoxy) is 1. The normalized spacial score (nSPS) is 12.0. The van der Waals surface area contributed by atoms with E-state index in [9.17, 15) is 9.18 Å². The second-order valence-electron chi connectivity index (χ2n) is 4.47. The van der Waals surface area contributed by atoms with E-state index in [1.54, 1.807) is 36.1 Å². The first-order valence-electron chi connectivity index (χ1n) is 6.85. The fourth-order valence-electron chi connectivity index (χ4n) is 1.92. The van der Waals surface area contributed by atoms with Crippen molar-refractivity contribution in [1.29, 1.82) is 0 Å². The van der Waals surface area contributed by atoms with Crippen LogP contribution in [0.5, 0.6) is 0 Å². The third-order valence-corrected chi connectivity index (χ3v) is 2.99. The van der Waals surface area contributed by atoms with E-state index in [1.165, 1.54) is 12.1 Å². The number of anilines is 1. The molecule has 0 saturated carbocycles. The van der Waals surface area contributed by atoms with Crippen molar-refractivity contribution < 1.29 is 13.9 Å². The highest BCUT2D eigenvalue weighted by molar-refractivity contribution is 5.80. The summed E-state index contributed by atoms with van der Waals surface area (Å²) < 4.78 is 19.8. The Kier molecular flexibility index (Phi) is 4.92. The Morgan fingerprint density at radius 3 is 2.67 bits per heavy atom. The molecule has 1 unspecified atom stereocenters. The van der Waals surface area contributed by atoms with Gasteiger partial charge in [0.1, 0.15) is 5.82 Å². The van der Waals surface area contributed by atoms with Gasteiger partial charge in [0, 0.05) is 24.0 Å². The van der Waals surface area contributed by atoms with E-state index in [2.05, 4.69) is 10.4 Å². The second-order valence-corrected chi connectivity index (χ2v) is 4.47. The fourth-order valence-corrected chi connectivity index (χ4v) is 1.92. The van der Waals surface area contributed by atoms with E-state index >= 15 is 0 Å². The summed E-state index contributed by atoms with van der Waals surface area (Å²) in [5.74, 6) is -0.718. The van der Waals surface area contributed by atoms with E-state index in [0.717, 1.165) is 0 Å². The van der Waals surface area contributed by atoms with Crippen molar-refractivity contribution in [3.05, 3.63) is 48.0 Å². The lowest BCUT2D eigenvalue weighted by Crippen LogP contribution is -2.23. The van der Waals surface area contributed by atoms with Gasteiger partial charge < -0.3 is 10.1 Å². The molecule has 5 nitrogen and oxygen atoms in total. The van der Waals surface area contributed by atoms with E-state index < -0.39 is 12.0 Å². The van der Waals surface area contributed by atoms with Crippen molar-refractivity contribution in [2.24, 2.45) is 0 Å². The first-order chi connectivity index (χ1) is 10.1. The Morgan fingerprint density at radius 2 is 2.10 bits per heavy atom. The molecule has 0 fully saturated rings. The Bertz CT molecular complexity index is 595. The molecule has 2 aromatic rings. The minimum Gasteiger partial charge on any atom is -0.464 e. The number of benzene rings is 1. The highest BCUT2D eigenvalue weighted by atomic mass is 19.1. The monoisotopic (exact) mass is 291 g/mol. The van der Waals surface area contributed by atoms with Crippen molar-refractivity contribution in [2.45, 2.75) is 26.4 Å². The van der Waals surface area contributed by atoms with Gasteiger partial charge in [-0.05, 0) is 38.1 Å². The summed E-state index contributed by atoms with van der Waals surface area (Å²) in [6.45, 7) is 4.72. The minimum absolute atomic E-state index is 0.294. The van der Waals surface area contributed by atoms with Crippen molar-refractivity contribution in [2.75, 3.05) is 11.9 Å². The summed E-state index contributed by atoms with van der Waals surface area (Å²) in [6.07, 6.45) is 3.42. The molecule has 0 amide bonds. The molecule has 0 aliphatic rings. The molecule has 0 aliphatic heterocycles. The zero-order chi connectivity index (χ0) is 15.2. The zero-order valence-corrected chi connectivity index (χ0v) is 12.0. The van der Waals surface area contributed by atoms with E-state index in [0.29, 0.717) is 24.4 Å². The van der Waals surface area contributed by atoms with Gasteiger partial charge in [0.15, 0.2) is 6.04 Å². The van der Waals surface area contributed by atoms with Crippen LogP contribution in [-0.4, -0.2) is 22.4 Å². The van der Waals surface area contributed by atoms with E-state index in [-0.39, 0.29) is 5.82 Å². The lowest BCUT2D eigenvalue weighted by Gasteiger charge is -2.17. The Morgan fingerprint density at radius 1 is 1.38 bits per heavy atom. The van der Waals surface area contributed by atoms with Gasteiger partial charge >= 0.3 is 5.97 Å². The van der Waals surface area contributed by atoms with Crippen LogP contribution in [0.25, 0.3) is 0 Å². The molecule has 21 heavy (non-hydrogen) atoms. The van der Waals surface area contributed by atoms with Gasteiger partial charge in [-0.15, -0.1) is 0 Å². The van der Waals surface area contributed by atoms with Crippen LogP contribution in [0.4, 0.5) is 10.1 Å². The topological polar surface area (TPSA) is 56.1 Å². The van der Waals surface area contributed by atoms with Crippen LogP contribution in [0.15, 0.2) is 36.7 Å².